The predicted molar refractivity (Wildman–Crippen MR) is 78.3 cm³/mol. The van der Waals surface area contributed by atoms with E-state index in [0.29, 0.717) is 28.4 Å². The maximum Gasteiger partial charge on any atom is 0.409 e. The Hall–Kier alpha value is -3.42. The lowest BCUT2D eigenvalue weighted by molar-refractivity contribution is 0.209. The Balaban J connectivity index is 1.91. The highest BCUT2D eigenvalue weighted by Gasteiger charge is 2.07. The first-order chi connectivity index (χ1) is 10.6. The number of carboxylic acid groups (broad SMARTS) is 1. The number of hydrogen-bond donors (Lipinski definition) is 3. The Bertz CT molecular complexity index is 889. The number of nitrogens with one attached hydrogen (secondary N) is 2. The van der Waals surface area contributed by atoms with Crippen LogP contribution >= 0.6 is 0 Å². The number of rotatable bonds is 3. The Morgan fingerprint density at radius 2 is 1.95 bits per heavy atom. The number of hydrogen-bond acceptors (Lipinski definition) is 5. The fraction of sp³-hybridized carbons (Fsp3) is 0. The minimum absolute atomic E-state index is 0.355. The van der Waals surface area contributed by atoms with E-state index in [0.717, 1.165) is 6.20 Å². The number of benzene rings is 1. The number of fused-ring (bicyclic) bond motifs is 1. The highest BCUT2D eigenvalue weighted by Crippen LogP contribution is 2.26. The number of pyridine rings is 1. The van der Waals surface area contributed by atoms with Gasteiger partial charge < -0.3 is 14.8 Å². The highest BCUT2D eigenvalue weighted by molar-refractivity contribution is 5.83. The zero-order valence-electron chi connectivity index (χ0n) is 11.1. The van der Waals surface area contributed by atoms with Crippen molar-refractivity contribution in [1.82, 2.24) is 15.0 Å². The van der Waals surface area contributed by atoms with Gasteiger partial charge in [0.1, 0.15) is 11.3 Å². The summed E-state index contributed by atoms with van der Waals surface area (Å²) in [5.74, 6) is 0.877. The maximum absolute atomic E-state index is 11.4. The molecule has 0 spiro atoms. The third kappa shape index (κ3) is 2.85. The molecule has 2 aromatic heterocycles. The molecule has 0 radical (unpaired) electrons. The third-order valence-corrected chi connectivity index (χ3v) is 2.78. The molecule has 0 aliphatic heterocycles. The van der Waals surface area contributed by atoms with Crippen molar-refractivity contribution in [1.29, 1.82) is 0 Å². The minimum Gasteiger partial charge on any atom is -0.465 e. The molecule has 0 aliphatic carbocycles. The van der Waals surface area contributed by atoms with Crippen molar-refractivity contribution in [2.45, 2.75) is 0 Å². The summed E-state index contributed by atoms with van der Waals surface area (Å²) in [4.78, 5) is 32.5. The molecule has 0 bridgehead atoms. The first-order valence-corrected chi connectivity index (χ1v) is 6.24. The van der Waals surface area contributed by atoms with E-state index in [1.807, 2.05) is 0 Å². The number of anilines is 1. The van der Waals surface area contributed by atoms with Crippen LogP contribution < -0.4 is 15.6 Å². The summed E-state index contributed by atoms with van der Waals surface area (Å²) in [6, 6.07) is 7.93. The number of carbonyl (C=O) groups is 1. The summed E-state index contributed by atoms with van der Waals surface area (Å²) in [7, 11) is 0. The molecule has 0 fully saturated rings. The summed E-state index contributed by atoms with van der Waals surface area (Å²) in [5, 5.41) is 10.9. The number of ether oxygens (including phenoxy) is 1. The van der Waals surface area contributed by atoms with E-state index in [1.165, 1.54) is 6.20 Å². The monoisotopic (exact) mass is 298 g/mol. The molecule has 8 heteroatoms. The molecular formula is C14H10N4O4. The molecule has 0 atom stereocenters. The molecule has 0 saturated heterocycles. The number of nitrogens with zero attached hydrogens (tertiary/aromatic N) is 2. The van der Waals surface area contributed by atoms with Crippen LogP contribution in [0.1, 0.15) is 0 Å². The van der Waals surface area contributed by atoms with E-state index in [9.17, 15) is 9.59 Å². The normalized spacial score (nSPS) is 10.4. The standard InChI is InChI=1S/C14H10N4O4/c19-11-7-16-13-12(18-11)10(5-6-15-13)22-9-3-1-8(2-4-9)17-14(20)21/h1-7,17H,(H,18,19)(H,20,21). The Morgan fingerprint density at radius 1 is 1.18 bits per heavy atom. The molecule has 8 nitrogen and oxygen atoms in total. The largest absolute Gasteiger partial charge is 0.465 e. The smallest absolute Gasteiger partial charge is 0.409 e. The molecule has 3 rings (SSSR count). The van der Waals surface area contributed by atoms with Crippen molar-refractivity contribution in [3.05, 3.63) is 53.1 Å². The number of H-pyrrole nitrogens is 1. The van der Waals surface area contributed by atoms with Crippen molar-refractivity contribution in [2.75, 3.05) is 5.32 Å². The fourth-order valence-corrected chi connectivity index (χ4v) is 1.87. The molecule has 3 aromatic rings. The Morgan fingerprint density at radius 3 is 2.68 bits per heavy atom. The van der Waals surface area contributed by atoms with Gasteiger partial charge in [-0.2, -0.15) is 0 Å². The van der Waals surface area contributed by atoms with Gasteiger partial charge in [0.05, 0.1) is 6.20 Å². The second kappa shape index (κ2) is 5.52. The van der Waals surface area contributed by atoms with Crippen LogP contribution in [0.4, 0.5) is 10.5 Å². The van der Waals surface area contributed by atoms with Crippen LogP contribution in [0, 0.1) is 0 Å². The average Bonchev–Trinajstić information content (AvgIpc) is 2.49. The van der Waals surface area contributed by atoms with Crippen LogP contribution in [-0.2, 0) is 0 Å². The van der Waals surface area contributed by atoms with Gasteiger partial charge in [-0.25, -0.2) is 14.8 Å². The van der Waals surface area contributed by atoms with Crippen LogP contribution in [-0.4, -0.2) is 26.2 Å². The summed E-state index contributed by atoms with van der Waals surface area (Å²) < 4.78 is 5.68. The van der Waals surface area contributed by atoms with Gasteiger partial charge in [0.2, 0.25) is 0 Å². The number of aromatic amines is 1. The van der Waals surface area contributed by atoms with Crippen LogP contribution in [0.2, 0.25) is 0 Å². The quantitative estimate of drug-likeness (QED) is 0.682. The van der Waals surface area contributed by atoms with Gasteiger partial charge in [-0.3, -0.25) is 10.1 Å². The lowest BCUT2D eigenvalue weighted by atomic mass is 10.3. The fourth-order valence-electron chi connectivity index (χ4n) is 1.87. The third-order valence-electron chi connectivity index (χ3n) is 2.78. The summed E-state index contributed by atoms with van der Waals surface area (Å²) in [6.45, 7) is 0. The molecule has 3 N–H and O–H groups in total. The molecule has 0 aliphatic rings. The van der Waals surface area contributed by atoms with E-state index in [2.05, 4.69) is 20.3 Å². The molecular weight excluding hydrogens is 288 g/mol. The predicted octanol–water partition coefficient (Wildman–Crippen LogP) is 2.20. The zero-order chi connectivity index (χ0) is 15.5. The van der Waals surface area contributed by atoms with Gasteiger partial charge in [0, 0.05) is 18.0 Å². The SMILES string of the molecule is O=C(O)Nc1ccc(Oc2ccnc3ncc(=O)[nH]c23)cc1. The summed E-state index contributed by atoms with van der Waals surface area (Å²) in [6.07, 6.45) is 1.52. The van der Waals surface area contributed by atoms with Gasteiger partial charge in [0.15, 0.2) is 11.4 Å². The van der Waals surface area contributed by atoms with Crippen LogP contribution in [0.3, 0.4) is 0 Å². The van der Waals surface area contributed by atoms with E-state index < -0.39 is 6.09 Å². The maximum atomic E-state index is 11.4. The van der Waals surface area contributed by atoms with Crippen molar-refractivity contribution < 1.29 is 14.6 Å². The van der Waals surface area contributed by atoms with E-state index >= 15 is 0 Å². The Labute approximate surface area is 123 Å². The summed E-state index contributed by atoms with van der Waals surface area (Å²) >= 11 is 0. The van der Waals surface area contributed by atoms with Crippen LogP contribution in [0.5, 0.6) is 11.5 Å². The topological polar surface area (TPSA) is 117 Å². The lowest BCUT2D eigenvalue weighted by Crippen LogP contribution is -2.07. The first kappa shape index (κ1) is 13.6. The van der Waals surface area contributed by atoms with Gasteiger partial charge in [0.25, 0.3) is 5.56 Å². The highest BCUT2D eigenvalue weighted by atomic mass is 16.5. The van der Waals surface area contributed by atoms with Crippen LogP contribution in [0.15, 0.2) is 47.5 Å². The first-order valence-electron chi connectivity index (χ1n) is 6.24. The lowest BCUT2D eigenvalue weighted by Gasteiger charge is -2.08. The summed E-state index contributed by atoms with van der Waals surface area (Å²) in [5.41, 5.74) is 0.824. The Kier molecular flexibility index (Phi) is 3.40. The average molecular weight is 298 g/mol. The molecule has 0 unspecified atom stereocenters. The van der Waals surface area contributed by atoms with Gasteiger partial charge in [-0.05, 0) is 24.3 Å². The van der Waals surface area contributed by atoms with Crippen LogP contribution in [0.25, 0.3) is 11.2 Å². The molecule has 110 valence electrons. The van der Waals surface area contributed by atoms with Gasteiger partial charge >= 0.3 is 6.09 Å². The van der Waals surface area contributed by atoms with Crippen molar-refractivity contribution in [2.24, 2.45) is 0 Å². The van der Waals surface area contributed by atoms with Crippen molar-refractivity contribution in [3.8, 4) is 11.5 Å². The van der Waals surface area contributed by atoms with E-state index in [1.54, 1.807) is 30.3 Å². The molecule has 22 heavy (non-hydrogen) atoms. The van der Waals surface area contributed by atoms with Gasteiger partial charge in [-0.15, -0.1) is 0 Å². The van der Waals surface area contributed by atoms with Crippen molar-refractivity contribution >= 4 is 22.9 Å². The molecule has 2 heterocycles. The number of aromatic nitrogens is 3. The molecule has 1 amide bonds. The second-order valence-electron chi connectivity index (χ2n) is 4.31. The second-order valence-corrected chi connectivity index (χ2v) is 4.31. The van der Waals surface area contributed by atoms with E-state index in [4.69, 9.17) is 9.84 Å². The number of amides is 1. The van der Waals surface area contributed by atoms with Crippen molar-refractivity contribution in [3.63, 3.8) is 0 Å². The van der Waals surface area contributed by atoms with Gasteiger partial charge in [-0.1, -0.05) is 0 Å². The molecule has 0 saturated carbocycles. The molecule has 1 aromatic carbocycles. The zero-order valence-corrected chi connectivity index (χ0v) is 11.1. The minimum atomic E-state index is -1.14. The van der Waals surface area contributed by atoms with E-state index in [-0.39, 0.29) is 5.56 Å².